The van der Waals surface area contributed by atoms with E-state index in [9.17, 15) is 4.79 Å². The summed E-state index contributed by atoms with van der Waals surface area (Å²) in [5, 5.41) is 2.84. The standard InChI is InChI=1S/C14H16N2O/c15-14(9-5-2-6-10-14)11-13(17)16-12-7-3-1-4-8-12/h1-9H,10-11,15H2,(H,16,17). The van der Waals surface area contributed by atoms with Crippen LogP contribution in [-0.4, -0.2) is 11.4 Å². The zero-order valence-corrected chi connectivity index (χ0v) is 9.60. The Labute approximate surface area is 101 Å². The van der Waals surface area contributed by atoms with Gasteiger partial charge in [-0.2, -0.15) is 0 Å². The average Bonchev–Trinajstić information content (AvgIpc) is 2.30. The SMILES string of the molecule is NC1(CC(=O)Nc2ccccc2)C=CC=CC1. The predicted molar refractivity (Wildman–Crippen MR) is 69.5 cm³/mol. The summed E-state index contributed by atoms with van der Waals surface area (Å²) in [5.74, 6) is -0.0568. The molecule has 2 rings (SSSR count). The number of para-hydroxylation sites is 1. The second-order valence-electron chi connectivity index (χ2n) is 4.32. The van der Waals surface area contributed by atoms with Gasteiger partial charge in [0.1, 0.15) is 0 Å². The molecule has 0 aliphatic heterocycles. The van der Waals surface area contributed by atoms with Gasteiger partial charge in [-0.25, -0.2) is 0 Å². The molecule has 0 saturated carbocycles. The highest BCUT2D eigenvalue weighted by atomic mass is 16.1. The Balaban J connectivity index is 1.94. The van der Waals surface area contributed by atoms with Crippen LogP contribution in [0.3, 0.4) is 0 Å². The molecule has 0 radical (unpaired) electrons. The first-order valence-electron chi connectivity index (χ1n) is 5.66. The van der Waals surface area contributed by atoms with E-state index >= 15 is 0 Å². The van der Waals surface area contributed by atoms with Crippen LogP contribution in [0.1, 0.15) is 12.8 Å². The predicted octanol–water partition coefficient (Wildman–Crippen LogP) is 2.23. The third-order valence-corrected chi connectivity index (χ3v) is 2.72. The van der Waals surface area contributed by atoms with Gasteiger partial charge in [-0.05, 0) is 18.6 Å². The van der Waals surface area contributed by atoms with Crippen LogP contribution in [-0.2, 0) is 4.79 Å². The van der Waals surface area contributed by atoms with Crippen molar-refractivity contribution >= 4 is 11.6 Å². The van der Waals surface area contributed by atoms with Gasteiger partial charge in [0.2, 0.25) is 5.91 Å². The summed E-state index contributed by atoms with van der Waals surface area (Å²) < 4.78 is 0. The van der Waals surface area contributed by atoms with Crippen molar-refractivity contribution in [2.24, 2.45) is 5.73 Å². The lowest BCUT2D eigenvalue weighted by Gasteiger charge is -2.25. The van der Waals surface area contributed by atoms with Gasteiger partial charge in [0.25, 0.3) is 0 Å². The van der Waals surface area contributed by atoms with E-state index in [-0.39, 0.29) is 5.91 Å². The van der Waals surface area contributed by atoms with Crippen molar-refractivity contribution in [3.63, 3.8) is 0 Å². The van der Waals surface area contributed by atoms with E-state index < -0.39 is 5.54 Å². The maximum atomic E-state index is 11.8. The summed E-state index contributed by atoms with van der Waals surface area (Å²) in [4.78, 5) is 11.8. The molecule has 1 aromatic carbocycles. The first kappa shape index (κ1) is 11.6. The van der Waals surface area contributed by atoms with Crippen molar-refractivity contribution < 1.29 is 4.79 Å². The summed E-state index contributed by atoms with van der Waals surface area (Å²) in [6, 6.07) is 9.40. The van der Waals surface area contributed by atoms with E-state index in [0.29, 0.717) is 12.8 Å². The number of hydrogen-bond donors (Lipinski definition) is 2. The zero-order valence-electron chi connectivity index (χ0n) is 9.60. The fourth-order valence-corrected chi connectivity index (χ4v) is 1.84. The van der Waals surface area contributed by atoms with Crippen LogP contribution in [0, 0.1) is 0 Å². The van der Waals surface area contributed by atoms with Crippen molar-refractivity contribution in [3.8, 4) is 0 Å². The van der Waals surface area contributed by atoms with E-state index in [1.165, 1.54) is 0 Å². The van der Waals surface area contributed by atoms with Gasteiger partial charge in [-0.15, -0.1) is 0 Å². The third kappa shape index (κ3) is 3.29. The molecule has 0 bridgehead atoms. The molecule has 1 aliphatic carbocycles. The zero-order chi connectivity index (χ0) is 12.1. The van der Waals surface area contributed by atoms with Crippen molar-refractivity contribution in [2.75, 3.05) is 5.32 Å². The van der Waals surface area contributed by atoms with Crippen LogP contribution in [0.5, 0.6) is 0 Å². The second kappa shape index (κ2) is 4.97. The number of hydrogen-bond acceptors (Lipinski definition) is 2. The minimum atomic E-state index is -0.548. The lowest BCUT2D eigenvalue weighted by atomic mass is 9.89. The van der Waals surface area contributed by atoms with Gasteiger partial charge in [0.05, 0.1) is 0 Å². The molecule has 1 unspecified atom stereocenters. The number of benzene rings is 1. The van der Waals surface area contributed by atoms with Gasteiger partial charge < -0.3 is 11.1 Å². The number of nitrogens with one attached hydrogen (secondary N) is 1. The fourth-order valence-electron chi connectivity index (χ4n) is 1.84. The first-order valence-corrected chi connectivity index (χ1v) is 5.66. The lowest BCUT2D eigenvalue weighted by Crippen LogP contribution is -2.41. The molecule has 0 aromatic heterocycles. The number of carbonyl (C=O) groups excluding carboxylic acids is 1. The molecule has 1 atom stereocenters. The van der Waals surface area contributed by atoms with E-state index in [2.05, 4.69) is 5.32 Å². The normalized spacial score (nSPS) is 22.4. The number of rotatable bonds is 3. The molecule has 0 fully saturated rings. The van der Waals surface area contributed by atoms with Crippen LogP contribution in [0.4, 0.5) is 5.69 Å². The topological polar surface area (TPSA) is 55.1 Å². The molecule has 0 saturated heterocycles. The summed E-state index contributed by atoms with van der Waals surface area (Å²) in [6.45, 7) is 0. The van der Waals surface area contributed by atoms with Crippen LogP contribution in [0.15, 0.2) is 54.6 Å². The Bertz CT molecular complexity index is 451. The molecule has 88 valence electrons. The van der Waals surface area contributed by atoms with Crippen LogP contribution in [0.25, 0.3) is 0 Å². The van der Waals surface area contributed by atoms with Crippen molar-refractivity contribution in [3.05, 3.63) is 54.6 Å². The van der Waals surface area contributed by atoms with Gasteiger partial charge in [-0.1, -0.05) is 42.5 Å². The quantitative estimate of drug-likeness (QED) is 0.833. The van der Waals surface area contributed by atoms with Crippen molar-refractivity contribution in [2.45, 2.75) is 18.4 Å². The number of nitrogens with two attached hydrogens (primary N) is 1. The summed E-state index contributed by atoms with van der Waals surface area (Å²) >= 11 is 0. The summed E-state index contributed by atoms with van der Waals surface area (Å²) in [7, 11) is 0. The molecule has 3 heteroatoms. The van der Waals surface area contributed by atoms with E-state index in [1.807, 2.05) is 54.6 Å². The number of anilines is 1. The van der Waals surface area contributed by atoms with Gasteiger partial charge in [0.15, 0.2) is 0 Å². The maximum absolute atomic E-state index is 11.8. The van der Waals surface area contributed by atoms with E-state index in [1.54, 1.807) is 0 Å². The highest BCUT2D eigenvalue weighted by Crippen LogP contribution is 2.19. The minimum absolute atomic E-state index is 0.0568. The average molecular weight is 228 g/mol. The van der Waals surface area contributed by atoms with Gasteiger partial charge in [0, 0.05) is 17.6 Å². The fraction of sp³-hybridized carbons (Fsp3) is 0.214. The van der Waals surface area contributed by atoms with Gasteiger partial charge >= 0.3 is 0 Å². The Hall–Kier alpha value is -1.87. The number of amides is 1. The molecule has 3 N–H and O–H groups in total. The molecular weight excluding hydrogens is 212 g/mol. The summed E-state index contributed by atoms with van der Waals surface area (Å²) in [5.41, 5.74) is 6.37. The monoisotopic (exact) mass is 228 g/mol. The lowest BCUT2D eigenvalue weighted by molar-refractivity contribution is -0.117. The Morgan fingerprint density at radius 3 is 2.71 bits per heavy atom. The molecule has 17 heavy (non-hydrogen) atoms. The second-order valence-corrected chi connectivity index (χ2v) is 4.32. The van der Waals surface area contributed by atoms with Crippen molar-refractivity contribution in [1.82, 2.24) is 0 Å². The first-order chi connectivity index (χ1) is 8.18. The molecular formula is C14H16N2O. The molecule has 1 aromatic rings. The molecule has 0 spiro atoms. The van der Waals surface area contributed by atoms with E-state index in [0.717, 1.165) is 5.69 Å². The Morgan fingerprint density at radius 1 is 1.29 bits per heavy atom. The highest BCUT2D eigenvalue weighted by Gasteiger charge is 2.25. The van der Waals surface area contributed by atoms with Crippen LogP contribution in [0.2, 0.25) is 0 Å². The summed E-state index contributed by atoms with van der Waals surface area (Å²) in [6.07, 6.45) is 8.70. The molecule has 0 heterocycles. The largest absolute Gasteiger partial charge is 0.326 e. The number of allylic oxidation sites excluding steroid dienone is 2. The smallest absolute Gasteiger partial charge is 0.226 e. The Morgan fingerprint density at radius 2 is 2.06 bits per heavy atom. The number of carbonyl (C=O) groups is 1. The van der Waals surface area contributed by atoms with Crippen LogP contribution >= 0.6 is 0 Å². The molecule has 1 amide bonds. The van der Waals surface area contributed by atoms with Crippen molar-refractivity contribution in [1.29, 1.82) is 0 Å². The Kier molecular flexibility index (Phi) is 3.40. The van der Waals surface area contributed by atoms with Crippen LogP contribution < -0.4 is 11.1 Å². The molecule has 3 nitrogen and oxygen atoms in total. The minimum Gasteiger partial charge on any atom is -0.326 e. The highest BCUT2D eigenvalue weighted by molar-refractivity contribution is 5.91. The van der Waals surface area contributed by atoms with Gasteiger partial charge in [-0.3, -0.25) is 4.79 Å². The van der Waals surface area contributed by atoms with E-state index in [4.69, 9.17) is 5.73 Å². The molecule has 1 aliphatic rings. The maximum Gasteiger partial charge on any atom is 0.226 e. The third-order valence-electron chi connectivity index (χ3n) is 2.72.